The van der Waals surface area contributed by atoms with Gasteiger partial charge in [0.05, 0.1) is 22.1 Å². The lowest BCUT2D eigenvalue weighted by atomic mass is 9.99. The minimum atomic E-state index is 0.908. The Morgan fingerprint density at radius 2 is 0.611 bits per heavy atom. The summed E-state index contributed by atoms with van der Waals surface area (Å²) >= 11 is 0. The van der Waals surface area contributed by atoms with Crippen molar-refractivity contribution in [1.29, 1.82) is 0 Å². The molecule has 0 unspecified atom stereocenters. The first kappa shape index (κ1) is 42.3. The number of aromatic nitrogens is 4. The summed E-state index contributed by atoms with van der Waals surface area (Å²) in [6, 6.07) is 98.7. The van der Waals surface area contributed by atoms with Crippen molar-refractivity contribution >= 4 is 67.0 Å². The maximum absolute atomic E-state index is 5.13. The van der Waals surface area contributed by atoms with Gasteiger partial charge in [-0.25, -0.2) is 9.97 Å². The van der Waals surface area contributed by atoms with Crippen LogP contribution in [0, 0.1) is 0 Å². The lowest BCUT2D eigenvalue weighted by molar-refractivity contribution is 1.10. The Hall–Kier alpha value is -9.78. The molecule has 0 spiro atoms. The number of fused-ring (bicyclic) bond motifs is 3. The molecule has 0 saturated carbocycles. The zero-order valence-corrected chi connectivity index (χ0v) is 39.2. The Morgan fingerprint density at radius 1 is 0.250 bits per heavy atom. The van der Waals surface area contributed by atoms with Crippen LogP contribution in [0.25, 0.3) is 78.1 Å². The third kappa shape index (κ3) is 7.83. The van der Waals surface area contributed by atoms with E-state index < -0.39 is 0 Å². The van der Waals surface area contributed by atoms with Gasteiger partial charge in [-0.05, 0) is 174 Å². The molecule has 340 valence electrons. The van der Waals surface area contributed by atoms with Crippen molar-refractivity contribution < 1.29 is 0 Å². The third-order valence-electron chi connectivity index (χ3n) is 13.5. The van der Waals surface area contributed by atoms with Gasteiger partial charge in [-0.3, -0.25) is 9.13 Å². The Kier molecular flexibility index (Phi) is 10.7. The van der Waals surface area contributed by atoms with Gasteiger partial charge >= 0.3 is 0 Å². The molecule has 0 amide bonds. The molecule has 0 bridgehead atoms. The van der Waals surface area contributed by atoms with E-state index in [-0.39, 0.29) is 0 Å². The van der Waals surface area contributed by atoms with Crippen LogP contribution in [0.15, 0.2) is 279 Å². The molecule has 72 heavy (non-hydrogen) atoms. The molecule has 13 rings (SSSR count). The second kappa shape index (κ2) is 18.3. The van der Waals surface area contributed by atoms with Crippen LogP contribution in [0.5, 0.6) is 0 Å². The summed E-state index contributed by atoms with van der Waals surface area (Å²) in [6.45, 7) is 0. The molecule has 0 aliphatic carbocycles. The lowest BCUT2D eigenvalue weighted by Crippen LogP contribution is -2.10. The molecular weight excluding hydrogens is 877 g/mol. The van der Waals surface area contributed by atoms with Crippen LogP contribution < -0.4 is 9.80 Å². The van der Waals surface area contributed by atoms with Gasteiger partial charge in [0.15, 0.2) is 0 Å². The van der Waals surface area contributed by atoms with Crippen molar-refractivity contribution in [3.05, 3.63) is 279 Å². The van der Waals surface area contributed by atoms with Crippen LogP contribution in [-0.2, 0) is 0 Å². The maximum atomic E-state index is 5.13. The molecule has 6 nitrogen and oxygen atoms in total. The van der Waals surface area contributed by atoms with Crippen molar-refractivity contribution in [2.75, 3.05) is 9.80 Å². The van der Waals surface area contributed by atoms with E-state index in [9.17, 15) is 0 Å². The Bertz CT molecular complexity index is 4020. The minimum Gasteiger partial charge on any atom is -0.310 e. The van der Waals surface area contributed by atoms with Gasteiger partial charge in [0.1, 0.15) is 11.6 Å². The van der Waals surface area contributed by atoms with Gasteiger partial charge in [-0.1, -0.05) is 127 Å². The summed E-state index contributed by atoms with van der Waals surface area (Å²) in [5, 5.41) is 2.33. The first-order chi connectivity index (χ1) is 35.7. The van der Waals surface area contributed by atoms with E-state index in [1.807, 2.05) is 24.3 Å². The number of hydrogen-bond acceptors (Lipinski definition) is 4. The lowest BCUT2D eigenvalue weighted by Gasteiger charge is -2.26. The molecule has 2 heterocycles. The highest BCUT2D eigenvalue weighted by molar-refractivity contribution is 5.93. The molecule has 6 heteroatoms. The van der Waals surface area contributed by atoms with Crippen LogP contribution in [-0.4, -0.2) is 19.1 Å². The predicted molar refractivity (Wildman–Crippen MR) is 299 cm³/mol. The topological polar surface area (TPSA) is 42.1 Å². The molecule has 13 aromatic rings. The summed E-state index contributed by atoms with van der Waals surface area (Å²) in [7, 11) is 0. The number of nitrogens with zero attached hydrogens (tertiary/aromatic N) is 6. The summed E-state index contributed by atoms with van der Waals surface area (Å²) in [5.41, 5.74) is 17.0. The molecule has 11 aromatic carbocycles. The molecule has 0 radical (unpaired) electrons. The second-order valence-corrected chi connectivity index (χ2v) is 17.9. The summed E-state index contributed by atoms with van der Waals surface area (Å²) in [4.78, 5) is 14.9. The van der Waals surface area contributed by atoms with Gasteiger partial charge in [-0.2, -0.15) is 0 Å². The molecule has 0 saturated heterocycles. The number of rotatable bonds is 11. The zero-order valence-electron chi connectivity index (χ0n) is 39.2. The predicted octanol–water partition coefficient (Wildman–Crippen LogP) is 17.5. The van der Waals surface area contributed by atoms with Crippen LogP contribution in [0.3, 0.4) is 0 Å². The van der Waals surface area contributed by atoms with Crippen LogP contribution in [0.4, 0.5) is 34.1 Å². The van der Waals surface area contributed by atoms with Gasteiger partial charge in [0.2, 0.25) is 0 Å². The highest BCUT2D eigenvalue weighted by Crippen LogP contribution is 2.41. The summed E-state index contributed by atoms with van der Waals surface area (Å²) in [5.74, 6) is 1.82. The number of benzene rings is 11. The van der Waals surface area contributed by atoms with Gasteiger partial charge < -0.3 is 9.80 Å². The van der Waals surface area contributed by atoms with Gasteiger partial charge in [0, 0.05) is 56.6 Å². The van der Waals surface area contributed by atoms with Crippen LogP contribution >= 0.6 is 0 Å². The van der Waals surface area contributed by atoms with Crippen LogP contribution in [0.2, 0.25) is 0 Å². The van der Waals surface area contributed by atoms with E-state index in [4.69, 9.17) is 9.97 Å². The van der Waals surface area contributed by atoms with Gasteiger partial charge in [0.25, 0.3) is 0 Å². The number of anilines is 6. The number of imidazole rings is 2. The zero-order chi connectivity index (χ0) is 47.8. The Morgan fingerprint density at radius 3 is 1.12 bits per heavy atom. The molecule has 0 aliphatic heterocycles. The normalized spacial score (nSPS) is 11.3. The van der Waals surface area contributed by atoms with E-state index >= 15 is 0 Å². The molecule has 0 atom stereocenters. The number of para-hydroxylation sites is 8. The largest absolute Gasteiger partial charge is 0.310 e. The smallest absolute Gasteiger partial charge is 0.145 e. The van der Waals surface area contributed by atoms with E-state index in [2.05, 4.69) is 274 Å². The molecule has 0 aliphatic rings. The van der Waals surface area contributed by atoms with Crippen LogP contribution in [0.1, 0.15) is 0 Å². The fourth-order valence-corrected chi connectivity index (χ4v) is 10.1. The first-order valence-corrected chi connectivity index (χ1v) is 24.3. The van der Waals surface area contributed by atoms with E-state index in [0.29, 0.717) is 0 Å². The Labute approximate surface area is 418 Å². The monoisotopic (exact) mass is 922 g/mol. The Balaban J connectivity index is 0.823. The highest BCUT2D eigenvalue weighted by atomic mass is 15.2. The van der Waals surface area contributed by atoms with Crippen molar-refractivity contribution in [3.8, 4) is 45.3 Å². The minimum absolute atomic E-state index is 0.908. The standard InChI is InChI=1S/C66H46N6/c1-5-19-53(20-6-1)69(57-39-34-47(35-40-57)65-67-61-28-13-15-30-63(61)71(65)55-23-9-3-10-24-55)59-27-17-18-49(45-59)50-32-33-52-46-60(43-38-51(52)44-50)70(54-21-7-2-8-22-54)58-41-36-48(37-42-58)66-68-62-29-14-16-31-64(62)72(66)56-25-11-4-12-26-56/h1-46H. The quantitative estimate of drug-likeness (QED) is 0.130. The number of hydrogen-bond donors (Lipinski definition) is 0. The second-order valence-electron chi connectivity index (χ2n) is 17.9. The average Bonchev–Trinajstić information content (AvgIpc) is 4.04. The van der Waals surface area contributed by atoms with Crippen molar-refractivity contribution in [2.45, 2.75) is 0 Å². The maximum Gasteiger partial charge on any atom is 0.145 e. The molecule has 2 aromatic heterocycles. The van der Waals surface area contributed by atoms with Gasteiger partial charge in [-0.15, -0.1) is 0 Å². The fourth-order valence-electron chi connectivity index (χ4n) is 10.1. The summed E-state index contributed by atoms with van der Waals surface area (Å²) < 4.78 is 4.49. The third-order valence-corrected chi connectivity index (χ3v) is 13.5. The van der Waals surface area contributed by atoms with Crippen molar-refractivity contribution in [1.82, 2.24) is 19.1 Å². The molecular formula is C66H46N6. The van der Waals surface area contributed by atoms with E-state index in [1.54, 1.807) is 0 Å². The highest BCUT2D eigenvalue weighted by Gasteiger charge is 2.20. The molecule has 0 fully saturated rings. The van der Waals surface area contributed by atoms with Crippen molar-refractivity contribution in [3.63, 3.8) is 0 Å². The fraction of sp³-hybridized carbons (Fsp3) is 0. The van der Waals surface area contributed by atoms with E-state index in [1.165, 1.54) is 5.39 Å². The molecule has 0 N–H and O–H groups in total. The van der Waals surface area contributed by atoms with E-state index in [0.717, 1.165) is 107 Å². The summed E-state index contributed by atoms with van der Waals surface area (Å²) in [6.07, 6.45) is 0. The average molecular weight is 923 g/mol. The first-order valence-electron chi connectivity index (χ1n) is 24.3. The SMILES string of the molecule is c1ccc(N(c2ccc(-c3nc4ccccc4n3-c3ccccc3)cc2)c2cccc(-c3ccc4cc(N(c5ccccc5)c5ccc(-c6nc7ccccc7n6-c6ccccc6)cc5)ccc4c3)c2)cc1. The van der Waals surface area contributed by atoms with Crippen molar-refractivity contribution in [2.24, 2.45) is 0 Å².